The Kier molecular flexibility index (Phi) is 7.51. The Balaban J connectivity index is 2.72. The minimum absolute atomic E-state index is 0.120. The first-order chi connectivity index (χ1) is 10.0. The van der Waals surface area contributed by atoms with Gasteiger partial charge in [-0.05, 0) is 25.3 Å². The second kappa shape index (κ2) is 8.88. The van der Waals surface area contributed by atoms with Crippen molar-refractivity contribution in [1.29, 1.82) is 0 Å². The Hall–Kier alpha value is -1.29. The second-order valence-electron chi connectivity index (χ2n) is 5.32. The third-order valence-electron chi connectivity index (χ3n) is 3.76. The molecular formula is C16H26ClN3O. The van der Waals surface area contributed by atoms with Crippen molar-refractivity contribution in [2.75, 3.05) is 11.9 Å². The molecule has 0 fully saturated rings. The Morgan fingerprint density at radius 3 is 2.52 bits per heavy atom. The van der Waals surface area contributed by atoms with Crippen LogP contribution in [0.3, 0.4) is 0 Å². The standard InChI is InChI=1S/C16H26ClN3O/c1-5-8-18-15-14(17)9-13(10-19-15)16(21)20-11(4)12(6-2)7-3/h9-12H,5-8H2,1-4H3,(H,18,19)(H,20,21). The predicted octanol–water partition coefficient (Wildman–Crippen LogP) is 4.11. The minimum atomic E-state index is -0.120. The van der Waals surface area contributed by atoms with Crippen molar-refractivity contribution in [2.24, 2.45) is 5.92 Å². The average Bonchev–Trinajstić information content (AvgIpc) is 2.47. The van der Waals surface area contributed by atoms with E-state index in [9.17, 15) is 4.79 Å². The van der Waals surface area contributed by atoms with E-state index in [1.54, 1.807) is 12.3 Å². The third kappa shape index (κ3) is 5.20. The molecule has 0 spiro atoms. The van der Waals surface area contributed by atoms with Crippen LogP contribution in [-0.4, -0.2) is 23.5 Å². The molecule has 0 saturated heterocycles. The molecule has 2 N–H and O–H groups in total. The van der Waals surface area contributed by atoms with E-state index in [1.807, 2.05) is 6.92 Å². The van der Waals surface area contributed by atoms with Gasteiger partial charge in [-0.3, -0.25) is 4.79 Å². The number of halogens is 1. The first kappa shape index (κ1) is 17.8. The van der Waals surface area contributed by atoms with Gasteiger partial charge in [0.2, 0.25) is 0 Å². The molecule has 0 aliphatic rings. The van der Waals surface area contributed by atoms with Gasteiger partial charge in [0.25, 0.3) is 5.91 Å². The fourth-order valence-electron chi connectivity index (χ4n) is 2.34. The van der Waals surface area contributed by atoms with Crippen LogP contribution in [0.5, 0.6) is 0 Å². The Labute approximate surface area is 132 Å². The minimum Gasteiger partial charge on any atom is -0.369 e. The molecule has 1 rings (SSSR count). The van der Waals surface area contributed by atoms with Crippen molar-refractivity contribution < 1.29 is 4.79 Å². The van der Waals surface area contributed by atoms with Gasteiger partial charge in [-0.2, -0.15) is 0 Å². The number of carbonyl (C=O) groups excluding carboxylic acids is 1. The number of pyridine rings is 1. The molecular weight excluding hydrogens is 286 g/mol. The molecule has 0 bridgehead atoms. The maximum Gasteiger partial charge on any atom is 0.253 e. The van der Waals surface area contributed by atoms with E-state index in [0.717, 1.165) is 25.8 Å². The smallest absolute Gasteiger partial charge is 0.253 e. The van der Waals surface area contributed by atoms with Gasteiger partial charge in [-0.25, -0.2) is 4.98 Å². The zero-order valence-electron chi connectivity index (χ0n) is 13.4. The molecule has 1 unspecified atom stereocenters. The van der Waals surface area contributed by atoms with E-state index in [-0.39, 0.29) is 11.9 Å². The molecule has 1 amide bonds. The lowest BCUT2D eigenvalue weighted by Gasteiger charge is -2.22. The molecule has 0 saturated carbocycles. The maximum atomic E-state index is 12.2. The van der Waals surface area contributed by atoms with Crippen molar-refractivity contribution in [3.63, 3.8) is 0 Å². The number of aromatic nitrogens is 1. The Bertz CT molecular complexity index is 461. The molecule has 0 aliphatic carbocycles. The topological polar surface area (TPSA) is 54.0 Å². The molecule has 21 heavy (non-hydrogen) atoms. The number of amides is 1. The van der Waals surface area contributed by atoms with E-state index >= 15 is 0 Å². The lowest BCUT2D eigenvalue weighted by atomic mass is 9.95. The van der Waals surface area contributed by atoms with Crippen LogP contribution in [0, 0.1) is 5.92 Å². The summed E-state index contributed by atoms with van der Waals surface area (Å²) in [5.74, 6) is 0.997. The van der Waals surface area contributed by atoms with Crippen LogP contribution >= 0.6 is 11.6 Å². The molecule has 0 radical (unpaired) electrons. The van der Waals surface area contributed by atoms with E-state index in [2.05, 4.69) is 36.4 Å². The molecule has 1 heterocycles. The van der Waals surface area contributed by atoms with E-state index in [4.69, 9.17) is 11.6 Å². The van der Waals surface area contributed by atoms with Gasteiger partial charge >= 0.3 is 0 Å². The highest BCUT2D eigenvalue weighted by Crippen LogP contribution is 2.20. The summed E-state index contributed by atoms with van der Waals surface area (Å²) in [6.45, 7) is 9.21. The molecule has 1 aromatic heterocycles. The van der Waals surface area contributed by atoms with Crippen LogP contribution in [-0.2, 0) is 0 Å². The fourth-order valence-corrected chi connectivity index (χ4v) is 2.57. The molecule has 4 nitrogen and oxygen atoms in total. The van der Waals surface area contributed by atoms with Crippen LogP contribution in [0.2, 0.25) is 5.02 Å². The fraction of sp³-hybridized carbons (Fsp3) is 0.625. The normalized spacial score (nSPS) is 12.3. The van der Waals surface area contributed by atoms with Gasteiger partial charge in [-0.15, -0.1) is 0 Å². The number of nitrogens with one attached hydrogen (secondary N) is 2. The lowest BCUT2D eigenvalue weighted by Crippen LogP contribution is -2.37. The SMILES string of the molecule is CCCNc1ncc(C(=O)NC(C)C(CC)CC)cc1Cl. The zero-order chi connectivity index (χ0) is 15.8. The number of hydrogen-bond acceptors (Lipinski definition) is 3. The van der Waals surface area contributed by atoms with Crippen molar-refractivity contribution >= 4 is 23.3 Å². The maximum absolute atomic E-state index is 12.2. The molecule has 0 aliphatic heterocycles. The van der Waals surface area contributed by atoms with Crippen LogP contribution in [0.15, 0.2) is 12.3 Å². The van der Waals surface area contributed by atoms with Crippen molar-refractivity contribution in [1.82, 2.24) is 10.3 Å². The Morgan fingerprint density at radius 2 is 2.00 bits per heavy atom. The second-order valence-corrected chi connectivity index (χ2v) is 5.73. The van der Waals surface area contributed by atoms with Crippen LogP contribution in [0.4, 0.5) is 5.82 Å². The molecule has 1 aromatic rings. The lowest BCUT2D eigenvalue weighted by molar-refractivity contribution is 0.0925. The molecule has 0 aromatic carbocycles. The number of rotatable bonds is 8. The van der Waals surface area contributed by atoms with Crippen LogP contribution in [0.1, 0.15) is 57.3 Å². The van der Waals surface area contributed by atoms with E-state index in [1.165, 1.54) is 0 Å². The zero-order valence-corrected chi connectivity index (χ0v) is 14.1. The largest absolute Gasteiger partial charge is 0.369 e. The number of nitrogens with zero attached hydrogens (tertiary/aromatic N) is 1. The molecule has 1 atom stereocenters. The summed E-state index contributed by atoms with van der Waals surface area (Å²) in [6.07, 6.45) is 4.67. The van der Waals surface area contributed by atoms with Gasteiger partial charge in [0.05, 0.1) is 10.6 Å². The summed E-state index contributed by atoms with van der Waals surface area (Å²) < 4.78 is 0. The highest BCUT2D eigenvalue weighted by Gasteiger charge is 2.17. The first-order valence-electron chi connectivity index (χ1n) is 7.73. The number of anilines is 1. The Morgan fingerprint density at radius 1 is 1.33 bits per heavy atom. The van der Waals surface area contributed by atoms with Gasteiger partial charge in [0.15, 0.2) is 0 Å². The summed E-state index contributed by atoms with van der Waals surface area (Å²) in [4.78, 5) is 16.5. The van der Waals surface area contributed by atoms with Gasteiger partial charge in [0.1, 0.15) is 5.82 Å². The summed E-state index contributed by atoms with van der Waals surface area (Å²) >= 11 is 6.16. The predicted molar refractivity (Wildman–Crippen MR) is 89.0 cm³/mol. The highest BCUT2D eigenvalue weighted by molar-refractivity contribution is 6.33. The number of carbonyl (C=O) groups is 1. The van der Waals surface area contributed by atoms with E-state index in [0.29, 0.717) is 22.3 Å². The summed E-state index contributed by atoms with van der Waals surface area (Å²) in [5, 5.41) is 6.64. The summed E-state index contributed by atoms with van der Waals surface area (Å²) in [5.41, 5.74) is 0.500. The summed E-state index contributed by atoms with van der Waals surface area (Å²) in [7, 11) is 0. The van der Waals surface area contributed by atoms with Gasteiger partial charge < -0.3 is 10.6 Å². The monoisotopic (exact) mass is 311 g/mol. The van der Waals surface area contributed by atoms with Gasteiger partial charge in [-0.1, -0.05) is 45.2 Å². The first-order valence-corrected chi connectivity index (χ1v) is 8.11. The molecule has 118 valence electrons. The van der Waals surface area contributed by atoms with Crippen LogP contribution in [0.25, 0.3) is 0 Å². The van der Waals surface area contributed by atoms with Crippen molar-refractivity contribution in [3.8, 4) is 0 Å². The molecule has 5 heteroatoms. The third-order valence-corrected chi connectivity index (χ3v) is 4.05. The quantitative estimate of drug-likeness (QED) is 0.759. The average molecular weight is 312 g/mol. The van der Waals surface area contributed by atoms with Crippen molar-refractivity contribution in [2.45, 2.75) is 53.0 Å². The van der Waals surface area contributed by atoms with Crippen LogP contribution < -0.4 is 10.6 Å². The highest BCUT2D eigenvalue weighted by atomic mass is 35.5. The van der Waals surface area contributed by atoms with Gasteiger partial charge in [0, 0.05) is 18.8 Å². The summed E-state index contributed by atoms with van der Waals surface area (Å²) in [6, 6.07) is 1.81. The van der Waals surface area contributed by atoms with E-state index < -0.39 is 0 Å². The number of hydrogen-bond donors (Lipinski definition) is 2. The van der Waals surface area contributed by atoms with Crippen molar-refractivity contribution in [3.05, 3.63) is 22.8 Å².